The summed E-state index contributed by atoms with van der Waals surface area (Å²) in [7, 11) is 1.35. The molecule has 0 amide bonds. The predicted octanol–water partition coefficient (Wildman–Crippen LogP) is 4.66. The van der Waals surface area contributed by atoms with E-state index in [1.54, 1.807) is 12.1 Å². The summed E-state index contributed by atoms with van der Waals surface area (Å²) in [4.78, 5) is 22.4. The van der Waals surface area contributed by atoms with Gasteiger partial charge in [0.25, 0.3) is 0 Å². The Morgan fingerprint density at radius 2 is 1.41 bits per heavy atom. The second-order valence-corrected chi connectivity index (χ2v) is 12.9. The van der Waals surface area contributed by atoms with E-state index in [0.717, 1.165) is 11.1 Å². The van der Waals surface area contributed by atoms with Gasteiger partial charge in [0.2, 0.25) is 0 Å². The Labute approximate surface area is 143 Å². The summed E-state index contributed by atoms with van der Waals surface area (Å²) in [6.07, 6.45) is -3.62. The van der Waals surface area contributed by atoms with E-state index < -0.39 is 12.2 Å². The second kappa shape index (κ2) is 6.28. The average Bonchev–Trinajstić information content (AvgIpc) is 2.33. The van der Waals surface area contributed by atoms with Gasteiger partial charge in [0.05, 0.1) is 0 Å². The molecule has 0 heterocycles. The molecule has 22 heavy (non-hydrogen) atoms. The van der Waals surface area contributed by atoms with Crippen LogP contribution in [0.5, 0.6) is 0 Å². The fourth-order valence-corrected chi connectivity index (χ4v) is 5.15. The van der Waals surface area contributed by atoms with Gasteiger partial charge in [-0.2, -0.15) is 0 Å². The summed E-state index contributed by atoms with van der Waals surface area (Å²) in [5, 5.41) is 0.573. The van der Waals surface area contributed by atoms with Crippen LogP contribution >= 0.6 is 28.7 Å². The fraction of sp³-hybridized carbons (Fsp3) is 0.562. The molecule has 3 nitrogen and oxygen atoms in total. The third-order valence-electron chi connectivity index (χ3n) is 3.48. The van der Waals surface area contributed by atoms with Crippen molar-refractivity contribution in [1.29, 1.82) is 0 Å². The molecular weight excluding hydrogens is 342 g/mol. The number of carbonyl (C=O) groups is 1. The topological polar surface area (TPSA) is 46.5 Å². The zero-order valence-corrected chi connectivity index (χ0v) is 16.7. The standard InChI is InChI=1S/C16H25Cl2O3P/c1-15(2,3)11-8-10(14(19)21-7)9-12(16(4,5)6)13(11)22(17,18)20/h8-9,20,22H,1-7H3. The Bertz CT molecular complexity index is 544. The van der Waals surface area contributed by atoms with E-state index in [-0.39, 0.29) is 10.8 Å². The van der Waals surface area contributed by atoms with E-state index >= 15 is 0 Å². The first-order valence-electron chi connectivity index (χ1n) is 7.07. The fourth-order valence-electron chi connectivity index (χ4n) is 2.38. The van der Waals surface area contributed by atoms with Gasteiger partial charge in [-0.25, -0.2) is 0 Å². The molecule has 126 valence electrons. The Morgan fingerprint density at radius 3 is 1.64 bits per heavy atom. The van der Waals surface area contributed by atoms with Crippen molar-refractivity contribution in [2.24, 2.45) is 0 Å². The number of rotatable bonds is 2. The third kappa shape index (κ3) is 4.35. The van der Waals surface area contributed by atoms with E-state index in [0.29, 0.717) is 10.9 Å². The van der Waals surface area contributed by atoms with Gasteiger partial charge >= 0.3 is 143 Å². The number of methoxy groups -OCH3 is 1. The van der Waals surface area contributed by atoms with Gasteiger partial charge in [-0.1, -0.05) is 0 Å². The molecule has 0 aliphatic carbocycles. The van der Waals surface area contributed by atoms with E-state index in [9.17, 15) is 9.69 Å². The second-order valence-electron chi connectivity index (χ2n) is 7.48. The number of esters is 1. The molecule has 0 radical (unpaired) electrons. The van der Waals surface area contributed by atoms with Crippen molar-refractivity contribution in [2.45, 2.75) is 52.4 Å². The summed E-state index contributed by atoms with van der Waals surface area (Å²) in [5.74, 6) is -0.420. The molecule has 0 atom stereocenters. The van der Waals surface area contributed by atoms with E-state index in [1.807, 2.05) is 41.5 Å². The molecule has 1 aromatic rings. The maximum absolute atomic E-state index is 12.0. The Hall–Kier alpha value is -0.340. The van der Waals surface area contributed by atoms with Crippen molar-refractivity contribution >= 4 is 40.0 Å². The molecule has 0 spiro atoms. The van der Waals surface area contributed by atoms with Gasteiger partial charge in [-0.15, -0.1) is 0 Å². The minimum atomic E-state index is -3.62. The first-order valence-corrected chi connectivity index (χ1v) is 11.0. The van der Waals surface area contributed by atoms with Gasteiger partial charge < -0.3 is 0 Å². The molecule has 0 aliphatic heterocycles. The first kappa shape index (κ1) is 19.7. The van der Waals surface area contributed by atoms with Crippen molar-refractivity contribution in [3.05, 3.63) is 28.8 Å². The molecule has 0 bridgehead atoms. The summed E-state index contributed by atoms with van der Waals surface area (Å²) in [6.45, 7) is 12.0. The van der Waals surface area contributed by atoms with Gasteiger partial charge in [-0.05, 0) is 0 Å². The molecule has 0 unspecified atom stereocenters. The first-order chi connectivity index (χ1) is 9.69. The average molecular weight is 367 g/mol. The number of halogens is 2. The Kier molecular flexibility index (Phi) is 5.62. The van der Waals surface area contributed by atoms with Gasteiger partial charge in [-0.3, -0.25) is 0 Å². The normalized spacial score (nSPS) is 13.9. The predicted molar refractivity (Wildman–Crippen MR) is 97.1 cm³/mol. The van der Waals surface area contributed by atoms with Crippen molar-refractivity contribution in [1.82, 2.24) is 0 Å². The number of ether oxygens (including phenoxy) is 1. The zero-order chi connectivity index (χ0) is 17.5. The monoisotopic (exact) mass is 366 g/mol. The molecule has 0 fully saturated rings. The molecule has 0 aliphatic rings. The number of hydrogen-bond donors (Lipinski definition) is 1. The Morgan fingerprint density at radius 1 is 1.05 bits per heavy atom. The molecule has 1 rings (SSSR count). The number of carbonyl (C=O) groups excluding carboxylic acids is 1. The molecule has 6 heteroatoms. The van der Waals surface area contributed by atoms with Crippen LogP contribution in [0.25, 0.3) is 0 Å². The van der Waals surface area contributed by atoms with Gasteiger partial charge in [0.1, 0.15) is 0 Å². The van der Waals surface area contributed by atoms with Crippen molar-refractivity contribution in [2.75, 3.05) is 7.11 Å². The van der Waals surface area contributed by atoms with Crippen LogP contribution in [0.1, 0.15) is 63.0 Å². The number of benzene rings is 1. The molecule has 0 saturated carbocycles. The van der Waals surface area contributed by atoms with Crippen molar-refractivity contribution < 1.29 is 14.4 Å². The van der Waals surface area contributed by atoms with Crippen LogP contribution in [0.4, 0.5) is 0 Å². The van der Waals surface area contributed by atoms with Crippen LogP contribution in [-0.2, 0) is 15.6 Å². The van der Waals surface area contributed by atoms with Crippen LogP contribution in [0.3, 0.4) is 0 Å². The van der Waals surface area contributed by atoms with Gasteiger partial charge in [0.15, 0.2) is 0 Å². The SMILES string of the molecule is COC(=O)c1cc(C(C)(C)C)c([PH](O)(Cl)Cl)c(C(C)(C)C)c1. The van der Waals surface area contributed by atoms with E-state index in [2.05, 4.69) is 0 Å². The van der Waals surface area contributed by atoms with E-state index in [4.69, 9.17) is 27.2 Å². The minimum absolute atomic E-state index is 0.329. The molecular formula is C16H25Cl2O3P. The quantitative estimate of drug-likeness (QED) is 0.611. The summed E-state index contributed by atoms with van der Waals surface area (Å²) < 4.78 is 4.84. The summed E-state index contributed by atoms with van der Waals surface area (Å²) >= 11 is 12.4. The van der Waals surface area contributed by atoms with Crippen LogP contribution in [0.2, 0.25) is 0 Å². The van der Waals surface area contributed by atoms with Crippen LogP contribution < -0.4 is 5.30 Å². The molecule has 0 saturated heterocycles. The van der Waals surface area contributed by atoms with Crippen molar-refractivity contribution in [3.8, 4) is 0 Å². The summed E-state index contributed by atoms with van der Waals surface area (Å²) in [5.41, 5.74) is 1.33. The van der Waals surface area contributed by atoms with Crippen molar-refractivity contribution in [3.63, 3.8) is 0 Å². The van der Waals surface area contributed by atoms with Crippen LogP contribution in [-0.4, -0.2) is 18.0 Å². The summed E-state index contributed by atoms with van der Waals surface area (Å²) in [6, 6.07) is 3.44. The third-order valence-corrected chi connectivity index (χ3v) is 5.75. The van der Waals surface area contributed by atoms with Crippen LogP contribution in [0, 0.1) is 0 Å². The van der Waals surface area contributed by atoms with Crippen LogP contribution in [0.15, 0.2) is 12.1 Å². The Balaban J connectivity index is 3.91. The van der Waals surface area contributed by atoms with Gasteiger partial charge in [0, 0.05) is 0 Å². The molecule has 1 N–H and O–H groups in total. The zero-order valence-electron chi connectivity index (χ0n) is 14.2. The maximum atomic E-state index is 12.0. The van der Waals surface area contributed by atoms with E-state index in [1.165, 1.54) is 7.11 Å². The molecule has 1 aromatic carbocycles. The molecule has 0 aromatic heterocycles. The number of hydrogen-bond acceptors (Lipinski definition) is 3.